The summed E-state index contributed by atoms with van der Waals surface area (Å²) in [6.45, 7) is 5.64. The molecule has 1 aliphatic rings. The van der Waals surface area contributed by atoms with Crippen LogP contribution in [0.5, 0.6) is 0 Å². The van der Waals surface area contributed by atoms with E-state index in [9.17, 15) is 14.4 Å². The number of carbonyl (C=O) groups excluding carboxylic acids is 1. The molecular weight excluding hydrogens is 288 g/mol. The zero-order chi connectivity index (χ0) is 16.3. The summed E-state index contributed by atoms with van der Waals surface area (Å²) in [6, 6.07) is 1.39. The molecule has 3 N–H and O–H groups in total. The largest absolute Gasteiger partial charge is 0.378 e. The first-order valence-electron chi connectivity index (χ1n) is 7.27. The van der Waals surface area contributed by atoms with Crippen molar-refractivity contribution >= 4 is 5.91 Å². The molecular formula is C14H22N4O4. The first-order valence-corrected chi connectivity index (χ1v) is 7.27. The van der Waals surface area contributed by atoms with Crippen LogP contribution in [0.2, 0.25) is 0 Å². The van der Waals surface area contributed by atoms with Crippen molar-refractivity contribution in [2.45, 2.75) is 38.5 Å². The third-order valence-electron chi connectivity index (χ3n) is 3.92. The molecule has 2 rings (SSSR count). The minimum Gasteiger partial charge on any atom is -0.378 e. The molecule has 0 aliphatic carbocycles. The minimum atomic E-state index is -0.465. The molecule has 1 amide bonds. The van der Waals surface area contributed by atoms with Crippen LogP contribution >= 0.6 is 0 Å². The molecule has 1 aromatic rings. The molecule has 22 heavy (non-hydrogen) atoms. The Hall–Kier alpha value is -1.93. The fraction of sp³-hybridized carbons (Fsp3) is 0.643. The van der Waals surface area contributed by atoms with E-state index in [4.69, 9.17) is 4.74 Å². The molecule has 2 heterocycles. The third kappa shape index (κ3) is 3.83. The van der Waals surface area contributed by atoms with Gasteiger partial charge in [0.2, 0.25) is 5.91 Å². The van der Waals surface area contributed by atoms with Crippen molar-refractivity contribution in [1.82, 2.24) is 20.4 Å². The van der Waals surface area contributed by atoms with Crippen molar-refractivity contribution in [3.05, 3.63) is 32.3 Å². The Morgan fingerprint density at radius 3 is 2.77 bits per heavy atom. The number of carbonyl (C=O) groups is 1. The van der Waals surface area contributed by atoms with Gasteiger partial charge in [0.1, 0.15) is 0 Å². The number of ether oxygens (including phenoxy) is 1. The molecule has 0 aromatic carbocycles. The molecule has 1 saturated heterocycles. The smallest absolute Gasteiger partial charge is 0.266 e. The van der Waals surface area contributed by atoms with Gasteiger partial charge in [-0.05, 0) is 13.8 Å². The maximum absolute atomic E-state index is 12.1. The van der Waals surface area contributed by atoms with Crippen LogP contribution in [-0.2, 0) is 16.0 Å². The van der Waals surface area contributed by atoms with Crippen LogP contribution < -0.4 is 16.4 Å². The van der Waals surface area contributed by atoms with E-state index in [0.29, 0.717) is 12.6 Å². The van der Waals surface area contributed by atoms with Crippen LogP contribution in [0.4, 0.5) is 0 Å². The normalized spacial score (nSPS) is 22.2. The van der Waals surface area contributed by atoms with Crippen molar-refractivity contribution in [1.29, 1.82) is 0 Å². The lowest BCUT2D eigenvalue weighted by Gasteiger charge is -2.20. The molecule has 0 bridgehead atoms. The second-order valence-electron chi connectivity index (χ2n) is 5.79. The fourth-order valence-corrected chi connectivity index (χ4v) is 2.62. The number of amides is 1. The van der Waals surface area contributed by atoms with Crippen molar-refractivity contribution in [3.63, 3.8) is 0 Å². The Labute approximate surface area is 127 Å². The number of rotatable bonds is 5. The predicted molar refractivity (Wildman–Crippen MR) is 80.8 cm³/mol. The zero-order valence-electron chi connectivity index (χ0n) is 13.0. The van der Waals surface area contributed by atoms with Crippen molar-refractivity contribution in [3.8, 4) is 0 Å². The molecule has 0 radical (unpaired) electrons. The van der Waals surface area contributed by atoms with Gasteiger partial charge in [-0.25, -0.2) is 0 Å². The Morgan fingerprint density at radius 1 is 1.41 bits per heavy atom. The van der Waals surface area contributed by atoms with E-state index in [1.54, 1.807) is 7.11 Å². The summed E-state index contributed by atoms with van der Waals surface area (Å²) < 4.78 is 5.42. The highest BCUT2D eigenvalue weighted by Crippen LogP contribution is 2.15. The van der Waals surface area contributed by atoms with Gasteiger partial charge in [0, 0.05) is 37.9 Å². The molecule has 1 aliphatic heterocycles. The molecule has 0 saturated carbocycles. The quantitative estimate of drug-likeness (QED) is 0.635. The topological polar surface area (TPSA) is 107 Å². The Kier molecular flexibility index (Phi) is 5.15. The van der Waals surface area contributed by atoms with Crippen LogP contribution in [0, 0.1) is 0 Å². The minimum absolute atomic E-state index is 0.0798. The molecule has 8 nitrogen and oxygen atoms in total. The summed E-state index contributed by atoms with van der Waals surface area (Å²) in [5.41, 5.74) is -0.758. The molecule has 8 heteroatoms. The van der Waals surface area contributed by atoms with Crippen LogP contribution in [0.1, 0.15) is 19.4 Å². The number of nitrogens with zero attached hydrogens (tertiary/aromatic N) is 1. The Morgan fingerprint density at radius 2 is 2.14 bits per heavy atom. The van der Waals surface area contributed by atoms with E-state index in [1.165, 1.54) is 0 Å². The molecule has 122 valence electrons. The van der Waals surface area contributed by atoms with Crippen LogP contribution in [0.15, 0.2) is 15.7 Å². The number of hydrogen-bond acceptors (Lipinski definition) is 5. The van der Waals surface area contributed by atoms with Gasteiger partial charge in [-0.1, -0.05) is 0 Å². The van der Waals surface area contributed by atoms with E-state index in [1.807, 2.05) is 0 Å². The zero-order valence-corrected chi connectivity index (χ0v) is 13.0. The standard InChI is InChI=1S/C14H22N4O4/c1-8(2)18-6-10(11(7-18)22-3)15-12(19)4-9-5-13(20)16-17-14(9)21/h5,8,10-11H,4,6-7H2,1-3H3,(H,15,19)(H,16,20)(H,17,21)/t10-,11-/m0/s1. The van der Waals surface area contributed by atoms with Gasteiger partial charge in [-0.15, -0.1) is 0 Å². The number of methoxy groups -OCH3 is 1. The van der Waals surface area contributed by atoms with Gasteiger partial charge < -0.3 is 10.1 Å². The molecule has 1 aromatic heterocycles. The van der Waals surface area contributed by atoms with Crippen molar-refractivity contribution < 1.29 is 9.53 Å². The van der Waals surface area contributed by atoms with Gasteiger partial charge in [0.25, 0.3) is 11.1 Å². The number of likely N-dealkylation sites (tertiary alicyclic amines) is 1. The van der Waals surface area contributed by atoms with E-state index >= 15 is 0 Å². The van der Waals surface area contributed by atoms with E-state index in [0.717, 1.165) is 12.6 Å². The van der Waals surface area contributed by atoms with E-state index < -0.39 is 11.1 Å². The summed E-state index contributed by atoms with van der Waals surface area (Å²) in [5, 5.41) is 7.26. The van der Waals surface area contributed by atoms with Gasteiger partial charge in [0.15, 0.2) is 0 Å². The summed E-state index contributed by atoms with van der Waals surface area (Å²) in [5.74, 6) is -0.297. The van der Waals surface area contributed by atoms with Crippen LogP contribution in [-0.4, -0.2) is 59.4 Å². The van der Waals surface area contributed by atoms with Gasteiger partial charge >= 0.3 is 0 Å². The average molecular weight is 310 g/mol. The summed E-state index contributed by atoms with van der Waals surface area (Å²) >= 11 is 0. The maximum Gasteiger partial charge on any atom is 0.266 e. The second kappa shape index (κ2) is 6.89. The van der Waals surface area contributed by atoms with Crippen molar-refractivity contribution in [2.75, 3.05) is 20.2 Å². The fourth-order valence-electron chi connectivity index (χ4n) is 2.62. The first kappa shape index (κ1) is 16.4. The first-order chi connectivity index (χ1) is 10.4. The number of aromatic amines is 2. The monoisotopic (exact) mass is 310 g/mol. The number of nitrogens with one attached hydrogen (secondary N) is 3. The summed E-state index contributed by atoms with van der Waals surface area (Å²) in [6.07, 6.45) is -0.211. The second-order valence-corrected chi connectivity index (χ2v) is 5.79. The lowest BCUT2D eigenvalue weighted by Crippen LogP contribution is -2.45. The Bertz CT molecular complexity index is 636. The average Bonchev–Trinajstić information content (AvgIpc) is 2.86. The van der Waals surface area contributed by atoms with Gasteiger partial charge in [-0.2, -0.15) is 0 Å². The molecule has 1 fully saturated rings. The highest BCUT2D eigenvalue weighted by atomic mass is 16.5. The molecule has 2 atom stereocenters. The molecule has 0 unspecified atom stereocenters. The van der Waals surface area contributed by atoms with Gasteiger partial charge in [0.05, 0.1) is 18.6 Å². The molecule has 0 spiro atoms. The number of H-pyrrole nitrogens is 2. The summed E-state index contributed by atoms with van der Waals surface area (Å²) in [4.78, 5) is 37.1. The van der Waals surface area contributed by atoms with Crippen LogP contribution in [0.3, 0.4) is 0 Å². The van der Waals surface area contributed by atoms with Crippen LogP contribution in [0.25, 0.3) is 0 Å². The SMILES string of the molecule is CO[C@H]1CN(C(C)C)C[C@@H]1NC(=O)Cc1cc(=O)[nH][nH]c1=O. The lowest BCUT2D eigenvalue weighted by atomic mass is 10.1. The number of hydrogen-bond donors (Lipinski definition) is 3. The highest BCUT2D eigenvalue weighted by molar-refractivity contribution is 5.78. The lowest BCUT2D eigenvalue weighted by molar-refractivity contribution is -0.121. The Balaban J connectivity index is 2.01. The maximum atomic E-state index is 12.1. The van der Waals surface area contributed by atoms with Crippen molar-refractivity contribution in [2.24, 2.45) is 0 Å². The highest BCUT2D eigenvalue weighted by Gasteiger charge is 2.34. The van der Waals surface area contributed by atoms with Gasteiger partial charge in [-0.3, -0.25) is 29.5 Å². The summed E-state index contributed by atoms with van der Waals surface area (Å²) in [7, 11) is 1.62. The number of aromatic nitrogens is 2. The third-order valence-corrected chi connectivity index (χ3v) is 3.92. The van der Waals surface area contributed by atoms with E-state index in [2.05, 4.69) is 34.3 Å². The van der Waals surface area contributed by atoms with E-state index in [-0.39, 0.29) is 30.0 Å². The predicted octanol–water partition coefficient (Wildman–Crippen LogP) is -1.17.